The van der Waals surface area contributed by atoms with Gasteiger partial charge in [-0.05, 0) is 108 Å². The first-order chi connectivity index (χ1) is 35.0. The summed E-state index contributed by atoms with van der Waals surface area (Å²) in [6.45, 7) is 37.1. The molecule has 0 radical (unpaired) electrons. The van der Waals surface area contributed by atoms with Crippen LogP contribution in [0, 0.1) is 18.8 Å². The van der Waals surface area contributed by atoms with Crippen molar-refractivity contribution in [2.75, 3.05) is 0 Å². The number of ether oxygens (including phenoxy) is 1. The molecule has 1 unspecified atom stereocenters. The number of fused-ring (bicyclic) bond motifs is 7. The molecule has 2 atom stereocenters. The quantitative estimate of drug-likeness (QED) is 0.0775. The molecular weight excluding hydrogens is 1100 g/mol. The molecule has 1 saturated heterocycles. The van der Waals surface area contributed by atoms with E-state index in [-0.39, 0.29) is 37.3 Å². The maximum atomic E-state index is 7.11. The van der Waals surface area contributed by atoms with Crippen molar-refractivity contribution in [2.24, 2.45) is 0 Å². The fourth-order valence-electron chi connectivity index (χ4n) is 11.5. The average molecular weight is 1170 g/mol. The minimum absolute atomic E-state index is 0. The van der Waals surface area contributed by atoms with E-state index >= 15 is 0 Å². The number of nitrogens with zero attached hydrogens (tertiary/aromatic N) is 4. The molecule has 4 heterocycles. The van der Waals surface area contributed by atoms with Crippen LogP contribution in [0.15, 0.2) is 146 Å². The zero-order valence-electron chi connectivity index (χ0n) is 46.7. The SMILES string of the molecule is CC(C)c1cc(C(C)C)c(-c2ccnc(-n3c4[c-]c(Oc5[c-]c([N+]67[CH-][N@+]6(c6cc(-c8ccccc8)cc(C(C)(C)C)c6)c6ccc(C(C)(C)C)cc67)cc(C(C)(C)C)c5)ccc4c4ccccc43)c2)c(C(C)C)c1.[Pt]. The van der Waals surface area contributed by atoms with Crippen LogP contribution >= 0.6 is 0 Å². The maximum Gasteiger partial charge on any atom is 0.225 e. The van der Waals surface area contributed by atoms with Crippen molar-refractivity contribution >= 4 is 44.6 Å². The standard InChI is InChI=1S/C69H73N4O.Pt/c1-43(2)48-33-59(44(3)4)66(60(34-48)45(5)6)47-29-30-70-65(35-47)71-61-24-20-19-23-57(61)58-27-26-55(41-62(58)71)74-56-38-52(69(13,14)15)37-54(40-56)73-42-72(73,63-28-25-50(39-64(63)73)67(7,8)9)53-32-49(46-21-17-16-18-22-46)31-51(36-53)68(10,11)12;/h16-39,42-45H,1-15H3;/q-1;/t72-,73?;/m0./s1. The fraction of sp³-hybridized carbons (Fsp3) is 0.304. The van der Waals surface area contributed by atoms with Crippen LogP contribution in [-0.4, -0.2) is 9.55 Å². The molecule has 2 aromatic heterocycles. The Kier molecular flexibility index (Phi) is 13.0. The number of pyridine rings is 1. The smallest absolute Gasteiger partial charge is 0.225 e. The Balaban J connectivity index is 0.00000641. The van der Waals surface area contributed by atoms with Gasteiger partial charge >= 0.3 is 0 Å². The van der Waals surface area contributed by atoms with Gasteiger partial charge in [0.25, 0.3) is 0 Å². The molecule has 11 rings (SSSR count). The second-order valence-electron chi connectivity index (χ2n) is 25.2. The number of rotatable bonds is 10. The van der Waals surface area contributed by atoms with Crippen LogP contribution in [0.2, 0.25) is 0 Å². The van der Waals surface area contributed by atoms with E-state index < -0.39 is 0 Å². The Labute approximate surface area is 461 Å². The van der Waals surface area contributed by atoms with Gasteiger partial charge in [0.15, 0.2) is 12.4 Å². The monoisotopic (exact) mass is 1170 g/mol. The van der Waals surface area contributed by atoms with Crippen LogP contribution in [-0.2, 0) is 37.3 Å². The van der Waals surface area contributed by atoms with Gasteiger partial charge < -0.3 is 9.30 Å². The molecule has 7 aromatic carbocycles. The van der Waals surface area contributed by atoms with Crippen molar-refractivity contribution in [1.82, 2.24) is 18.7 Å². The van der Waals surface area contributed by atoms with Crippen LogP contribution in [0.3, 0.4) is 0 Å². The molecule has 0 amide bonds. The molecule has 1 fully saturated rings. The van der Waals surface area contributed by atoms with Gasteiger partial charge in [-0.2, -0.15) is 10.7 Å². The van der Waals surface area contributed by atoms with Crippen molar-refractivity contribution in [3.8, 4) is 39.6 Å². The molecule has 0 N–H and O–H groups in total. The first kappa shape index (κ1) is 52.3. The van der Waals surface area contributed by atoms with Crippen LogP contribution in [0.25, 0.3) is 49.9 Å². The molecule has 2 aliphatic heterocycles. The second-order valence-corrected chi connectivity index (χ2v) is 25.2. The van der Waals surface area contributed by atoms with Gasteiger partial charge in [-0.1, -0.05) is 188 Å². The summed E-state index contributed by atoms with van der Waals surface area (Å²) in [6.07, 6.45) is 1.97. The summed E-state index contributed by atoms with van der Waals surface area (Å²) in [4.78, 5) is 5.11. The molecule has 9 aromatic rings. The summed E-state index contributed by atoms with van der Waals surface area (Å²) in [5.41, 5.74) is 19.4. The first-order valence-electron chi connectivity index (χ1n) is 26.9. The summed E-state index contributed by atoms with van der Waals surface area (Å²) in [5.74, 6) is 3.29. The Morgan fingerprint density at radius 2 is 1.17 bits per heavy atom. The van der Waals surface area contributed by atoms with Gasteiger partial charge in [0, 0.05) is 68.5 Å². The molecule has 0 saturated carbocycles. The van der Waals surface area contributed by atoms with E-state index in [9.17, 15) is 0 Å². The minimum Gasteiger partial charge on any atom is -0.509 e. The zero-order valence-corrected chi connectivity index (χ0v) is 49.0. The Bertz CT molecular complexity index is 3640. The van der Waals surface area contributed by atoms with Crippen molar-refractivity contribution in [2.45, 2.75) is 138 Å². The molecule has 0 aliphatic carbocycles. The number of hydrogen-bond acceptors (Lipinski definition) is 2. The van der Waals surface area contributed by atoms with E-state index in [0.717, 1.165) is 33.3 Å². The Morgan fingerprint density at radius 1 is 0.520 bits per heavy atom. The van der Waals surface area contributed by atoms with Crippen molar-refractivity contribution < 1.29 is 25.8 Å². The van der Waals surface area contributed by atoms with Gasteiger partial charge in [-0.25, -0.2) is 9.58 Å². The summed E-state index contributed by atoms with van der Waals surface area (Å²) >= 11 is 0. The summed E-state index contributed by atoms with van der Waals surface area (Å²) in [5, 5.41) is 2.24. The number of quaternary nitrogens is 2. The van der Waals surface area contributed by atoms with Crippen LogP contribution in [0.1, 0.15) is 155 Å². The molecule has 5 nitrogen and oxygen atoms in total. The number of para-hydroxylation sites is 1. The Hall–Kier alpha value is -6.10. The van der Waals surface area contributed by atoms with E-state index in [1.165, 1.54) is 72.7 Å². The number of benzene rings is 7. The third kappa shape index (κ3) is 8.72. The van der Waals surface area contributed by atoms with Crippen LogP contribution in [0.4, 0.5) is 22.7 Å². The van der Waals surface area contributed by atoms with E-state index in [1.54, 1.807) is 0 Å². The predicted octanol–water partition coefficient (Wildman–Crippen LogP) is 19.5. The van der Waals surface area contributed by atoms with E-state index in [0.29, 0.717) is 38.4 Å². The summed E-state index contributed by atoms with van der Waals surface area (Å²) < 4.78 is 10.5. The molecule has 6 heteroatoms. The van der Waals surface area contributed by atoms with Crippen molar-refractivity contribution in [3.63, 3.8) is 0 Å². The third-order valence-corrected chi connectivity index (χ3v) is 15.9. The summed E-state index contributed by atoms with van der Waals surface area (Å²) in [6, 6.07) is 59.7. The topological polar surface area (TPSA) is 27.1 Å². The van der Waals surface area contributed by atoms with E-state index in [4.69, 9.17) is 9.72 Å². The van der Waals surface area contributed by atoms with Crippen molar-refractivity contribution in [1.29, 1.82) is 0 Å². The van der Waals surface area contributed by atoms with Crippen molar-refractivity contribution in [3.05, 3.63) is 198 Å². The fourth-order valence-corrected chi connectivity index (χ4v) is 11.5. The van der Waals surface area contributed by atoms with Gasteiger partial charge in [0.1, 0.15) is 5.82 Å². The van der Waals surface area contributed by atoms with E-state index in [1.807, 2.05) is 6.20 Å². The molecule has 386 valence electrons. The number of hydrogen-bond donors (Lipinski definition) is 0. The predicted molar refractivity (Wildman–Crippen MR) is 312 cm³/mol. The van der Waals surface area contributed by atoms with Gasteiger partial charge in [-0.15, -0.1) is 35.2 Å². The summed E-state index contributed by atoms with van der Waals surface area (Å²) in [7, 11) is 0. The maximum absolute atomic E-state index is 7.11. The first-order valence-corrected chi connectivity index (χ1v) is 26.9. The molecule has 0 bridgehead atoms. The number of aromatic nitrogens is 2. The molecule has 2 aliphatic rings. The normalized spacial score (nSPS) is 17.3. The van der Waals surface area contributed by atoms with Gasteiger partial charge in [0.2, 0.25) is 11.4 Å². The zero-order chi connectivity index (χ0) is 52.4. The minimum atomic E-state index is -0.184. The van der Waals surface area contributed by atoms with E-state index in [2.05, 4.69) is 267 Å². The second kappa shape index (κ2) is 18.6. The molecule has 75 heavy (non-hydrogen) atoms. The average Bonchev–Trinajstić information content (AvgIpc) is 3.91. The van der Waals surface area contributed by atoms with Gasteiger partial charge in [-0.3, -0.25) is 0 Å². The van der Waals surface area contributed by atoms with Crippen LogP contribution in [0.5, 0.6) is 11.5 Å². The third-order valence-electron chi connectivity index (χ3n) is 15.9. The van der Waals surface area contributed by atoms with Gasteiger partial charge in [0.05, 0.1) is 5.69 Å². The molecular formula is C69H73N4OPt-. The Morgan fingerprint density at radius 3 is 1.83 bits per heavy atom. The largest absolute Gasteiger partial charge is 0.509 e. The van der Waals surface area contributed by atoms with Crippen LogP contribution < -0.4 is 13.9 Å². The molecule has 0 spiro atoms.